The number of rotatable bonds is 6. The fourth-order valence-electron chi connectivity index (χ4n) is 3.35. The van der Waals surface area contributed by atoms with Gasteiger partial charge in [-0.2, -0.15) is 0 Å². The molecule has 3 rings (SSSR count). The van der Waals surface area contributed by atoms with Crippen molar-refractivity contribution in [2.45, 2.75) is 62.9 Å². The fourth-order valence-corrected chi connectivity index (χ4v) is 4.85. The number of ether oxygens (including phenoxy) is 1. The summed E-state index contributed by atoms with van der Waals surface area (Å²) < 4.78 is 32.9. The number of benzene rings is 1. The van der Waals surface area contributed by atoms with Crippen molar-refractivity contribution >= 4 is 15.9 Å². The van der Waals surface area contributed by atoms with Crippen molar-refractivity contribution in [1.29, 1.82) is 0 Å². The highest BCUT2D eigenvalue weighted by Crippen LogP contribution is 2.37. The quantitative estimate of drug-likeness (QED) is 0.810. The van der Waals surface area contributed by atoms with Crippen LogP contribution < -0.4 is 14.8 Å². The third kappa shape index (κ3) is 3.98. The minimum Gasteiger partial charge on any atom is -0.495 e. The van der Waals surface area contributed by atoms with E-state index in [-0.39, 0.29) is 34.1 Å². The number of carbonyl (C=O) groups is 1. The number of carbonyl (C=O) groups excluding carboxylic acids is 1. The van der Waals surface area contributed by atoms with Gasteiger partial charge in [0.25, 0.3) is 5.91 Å². The number of methoxy groups -OCH3 is 1. The first kappa shape index (κ1) is 18.2. The minimum atomic E-state index is -3.70. The van der Waals surface area contributed by atoms with Gasteiger partial charge < -0.3 is 10.1 Å². The van der Waals surface area contributed by atoms with E-state index >= 15 is 0 Å². The van der Waals surface area contributed by atoms with Crippen molar-refractivity contribution in [3.63, 3.8) is 0 Å². The molecule has 2 fully saturated rings. The van der Waals surface area contributed by atoms with Gasteiger partial charge in [0.05, 0.1) is 7.11 Å². The predicted octanol–water partition coefficient (Wildman–Crippen LogP) is 2.44. The lowest BCUT2D eigenvalue weighted by Gasteiger charge is -2.27. The summed E-state index contributed by atoms with van der Waals surface area (Å²) in [6, 6.07) is 4.64. The zero-order valence-corrected chi connectivity index (χ0v) is 15.8. The Hall–Kier alpha value is -1.60. The van der Waals surface area contributed by atoms with Crippen LogP contribution in [0.5, 0.6) is 5.75 Å². The molecule has 1 aromatic carbocycles. The number of nitrogens with one attached hydrogen (secondary N) is 2. The maximum absolute atomic E-state index is 12.6. The van der Waals surface area contributed by atoms with Gasteiger partial charge in [0.15, 0.2) is 0 Å². The zero-order valence-electron chi connectivity index (χ0n) is 15.0. The topological polar surface area (TPSA) is 84.5 Å². The maximum atomic E-state index is 12.6. The first-order valence-corrected chi connectivity index (χ1v) is 10.2. The Kier molecular flexibility index (Phi) is 4.81. The van der Waals surface area contributed by atoms with Crippen LogP contribution in [0.4, 0.5) is 0 Å². The number of amides is 1. The molecule has 2 aliphatic carbocycles. The van der Waals surface area contributed by atoms with Gasteiger partial charge in [-0.1, -0.05) is 20.3 Å². The molecule has 2 aliphatic rings. The second-order valence-corrected chi connectivity index (χ2v) is 9.35. The zero-order chi connectivity index (χ0) is 18.2. The van der Waals surface area contributed by atoms with E-state index in [0.717, 1.165) is 32.1 Å². The summed E-state index contributed by atoms with van der Waals surface area (Å²) in [6.07, 6.45) is 4.80. The molecule has 25 heavy (non-hydrogen) atoms. The van der Waals surface area contributed by atoms with Gasteiger partial charge >= 0.3 is 0 Å². The van der Waals surface area contributed by atoms with E-state index in [4.69, 9.17) is 4.74 Å². The second-order valence-electron chi connectivity index (χ2n) is 7.67. The van der Waals surface area contributed by atoms with Crippen LogP contribution >= 0.6 is 0 Å². The Morgan fingerprint density at radius 1 is 1.24 bits per heavy atom. The van der Waals surface area contributed by atoms with E-state index in [1.165, 1.54) is 19.2 Å². The van der Waals surface area contributed by atoms with Crippen LogP contribution in [0.15, 0.2) is 23.1 Å². The summed E-state index contributed by atoms with van der Waals surface area (Å²) in [7, 11) is -2.28. The van der Waals surface area contributed by atoms with Crippen molar-refractivity contribution in [2.75, 3.05) is 7.11 Å². The smallest absolute Gasteiger partial charge is 0.251 e. The number of hydrogen-bond acceptors (Lipinski definition) is 4. The third-order valence-electron chi connectivity index (χ3n) is 5.18. The van der Waals surface area contributed by atoms with Crippen LogP contribution in [0.3, 0.4) is 0 Å². The molecular formula is C18H26N2O4S. The molecule has 2 N–H and O–H groups in total. The molecule has 2 saturated carbocycles. The molecule has 0 saturated heterocycles. The van der Waals surface area contributed by atoms with Crippen LogP contribution in [-0.2, 0) is 10.0 Å². The molecule has 1 aromatic rings. The molecule has 0 spiro atoms. The summed E-state index contributed by atoms with van der Waals surface area (Å²) in [6.45, 7) is 4.29. The van der Waals surface area contributed by atoms with E-state index in [9.17, 15) is 13.2 Å². The van der Waals surface area contributed by atoms with Crippen LogP contribution in [0.25, 0.3) is 0 Å². The SMILES string of the molecule is COc1ccc(C(=O)N[C@H]2CCCC2(C)C)cc1S(=O)(=O)NC1CC1. The van der Waals surface area contributed by atoms with Gasteiger partial charge in [-0.15, -0.1) is 0 Å². The van der Waals surface area contributed by atoms with E-state index in [0.29, 0.717) is 5.56 Å². The minimum absolute atomic E-state index is 0.00789. The molecular weight excluding hydrogens is 340 g/mol. The first-order valence-electron chi connectivity index (χ1n) is 8.74. The highest BCUT2D eigenvalue weighted by atomic mass is 32.2. The molecule has 0 aromatic heterocycles. The Bertz CT molecular complexity index is 769. The van der Waals surface area contributed by atoms with Gasteiger partial charge in [-0.25, -0.2) is 13.1 Å². The fraction of sp³-hybridized carbons (Fsp3) is 0.611. The molecule has 6 nitrogen and oxygen atoms in total. The molecule has 0 aliphatic heterocycles. The average Bonchev–Trinajstić information content (AvgIpc) is 3.29. The molecule has 7 heteroatoms. The Morgan fingerprint density at radius 2 is 1.96 bits per heavy atom. The van der Waals surface area contributed by atoms with Crippen LogP contribution in [0.1, 0.15) is 56.3 Å². The van der Waals surface area contributed by atoms with E-state index in [1.807, 2.05) is 0 Å². The number of hydrogen-bond donors (Lipinski definition) is 2. The van der Waals surface area contributed by atoms with Crippen LogP contribution in [0, 0.1) is 5.41 Å². The predicted molar refractivity (Wildman–Crippen MR) is 95.2 cm³/mol. The monoisotopic (exact) mass is 366 g/mol. The second kappa shape index (κ2) is 6.61. The van der Waals surface area contributed by atoms with E-state index < -0.39 is 10.0 Å². The summed E-state index contributed by atoms with van der Waals surface area (Å²) in [5.41, 5.74) is 0.393. The van der Waals surface area contributed by atoms with Crippen LogP contribution in [0.2, 0.25) is 0 Å². The van der Waals surface area contributed by atoms with E-state index in [2.05, 4.69) is 23.9 Å². The van der Waals surface area contributed by atoms with Crippen molar-refractivity contribution in [2.24, 2.45) is 5.41 Å². The van der Waals surface area contributed by atoms with Crippen LogP contribution in [-0.4, -0.2) is 33.5 Å². The standard InChI is InChI=1S/C18H26N2O4S/c1-18(2)10-4-5-16(18)19-17(21)12-6-9-14(24-3)15(11-12)25(22,23)20-13-7-8-13/h6,9,11,13,16,20H,4-5,7-8,10H2,1-3H3,(H,19,21)/t16-/m0/s1. The molecule has 0 radical (unpaired) electrons. The van der Waals surface area contributed by atoms with Gasteiger partial charge in [0.2, 0.25) is 10.0 Å². The van der Waals surface area contributed by atoms with E-state index in [1.54, 1.807) is 6.07 Å². The Balaban J connectivity index is 1.84. The highest BCUT2D eigenvalue weighted by Gasteiger charge is 2.36. The first-order chi connectivity index (χ1) is 11.7. The molecule has 1 atom stereocenters. The van der Waals surface area contributed by atoms with Gasteiger partial charge in [0.1, 0.15) is 10.6 Å². The van der Waals surface area contributed by atoms with Gasteiger partial charge in [-0.3, -0.25) is 4.79 Å². The lowest BCUT2D eigenvalue weighted by atomic mass is 9.87. The summed E-state index contributed by atoms with van der Waals surface area (Å²) in [5, 5.41) is 3.06. The van der Waals surface area contributed by atoms with Crippen molar-refractivity contribution in [1.82, 2.24) is 10.0 Å². The largest absolute Gasteiger partial charge is 0.495 e. The average molecular weight is 366 g/mol. The summed E-state index contributed by atoms with van der Waals surface area (Å²) >= 11 is 0. The Morgan fingerprint density at radius 3 is 2.52 bits per heavy atom. The lowest BCUT2D eigenvalue weighted by molar-refractivity contribution is 0.0909. The van der Waals surface area contributed by atoms with Crippen molar-refractivity contribution < 1.29 is 17.9 Å². The van der Waals surface area contributed by atoms with Crippen molar-refractivity contribution in [3.05, 3.63) is 23.8 Å². The highest BCUT2D eigenvalue weighted by molar-refractivity contribution is 7.89. The Labute approximate surface area is 149 Å². The number of sulfonamides is 1. The lowest BCUT2D eigenvalue weighted by Crippen LogP contribution is -2.41. The van der Waals surface area contributed by atoms with Crippen molar-refractivity contribution in [3.8, 4) is 5.75 Å². The third-order valence-corrected chi connectivity index (χ3v) is 6.72. The summed E-state index contributed by atoms with van der Waals surface area (Å²) in [5.74, 6) is -0.00334. The molecule has 1 amide bonds. The van der Waals surface area contributed by atoms with Gasteiger partial charge in [-0.05, 0) is 49.3 Å². The van der Waals surface area contributed by atoms with Gasteiger partial charge in [0, 0.05) is 17.6 Å². The molecule has 0 bridgehead atoms. The summed E-state index contributed by atoms with van der Waals surface area (Å²) in [4.78, 5) is 12.6. The normalized spacial score (nSPS) is 22.6. The molecule has 0 heterocycles. The molecule has 0 unspecified atom stereocenters. The molecule has 138 valence electrons. The maximum Gasteiger partial charge on any atom is 0.251 e.